The molecule has 0 unspecified atom stereocenters. The molecule has 19 heavy (non-hydrogen) atoms. The zero-order valence-corrected chi connectivity index (χ0v) is 12.3. The highest BCUT2D eigenvalue weighted by Gasteiger charge is 2.13. The molecule has 1 aromatic carbocycles. The summed E-state index contributed by atoms with van der Waals surface area (Å²) < 4.78 is 5.47. The number of hydrogen-bond acceptors (Lipinski definition) is 3. The van der Waals surface area contributed by atoms with Crippen molar-refractivity contribution in [1.82, 2.24) is 5.32 Å². The van der Waals surface area contributed by atoms with Gasteiger partial charge in [-0.15, -0.1) is 6.58 Å². The first kappa shape index (κ1) is 14.6. The normalized spacial score (nSPS) is 16.4. The summed E-state index contributed by atoms with van der Waals surface area (Å²) in [6.45, 7) is 5.18. The largest absolute Gasteiger partial charge is 0.310 e. The van der Waals surface area contributed by atoms with Crippen LogP contribution in [0.4, 0.5) is 0 Å². The molecule has 0 amide bonds. The zero-order valence-electron chi connectivity index (χ0n) is 11.4. The van der Waals surface area contributed by atoms with Gasteiger partial charge in [-0.25, -0.2) is 0 Å². The van der Waals surface area contributed by atoms with E-state index in [0.29, 0.717) is 12.6 Å². The van der Waals surface area contributed by atoms with Crippen molar-refractivity contribution >= 4 is 12.0 Å². The molecule has 0 radical (unpaired) electrons. The molecule has 0 bridgehead atoms. The van der Waals surface area contributed by atoms with Gasteiger partial charge in [-0.05, 0) is 24.5 Å². The van der Waals surface area contributed by atoms with Crippen LogP contribution in [0.5, 0.6) is 0 Å². The summed E-state index contributed by atoms with van der Waals surface area (Å²) in [4.78, 5) is 1.20. The van der Waals surface area contributed by atoms with Crippen LogP contribution in [0.1, 0.15) is 37.7 Å². The van der Waals surface area contributed by atoms with Gasteiger partial charge in [0.1, 0.15) is 0 Å². The van der Waals surface area contributed by atoms with E-state index in [9.17, 15) is 0 Å². The second-order valence-electron chi connectivity index (χ2n) is 4.98. The molecule has 1 fully saturated rings. The highest BCUT2D eigenvalue weighted by atomic mass is 32.2. The van der Waals surface area contributed by atoms with Gasteiger partial charge in [0.05, 0.1) is 6.61 Å². The van der Waals surface area contributed by atoms with Crippen molar-refractivity contribution in [2.24, 2.45) is 0 Å². The third-order valence-electron chi connectivity index (χ3n) is 3.49. The van der Waals surface area contributed by atoms with Gasteiger partial charge in [-0.1, -0.05) is 43.5 Å². The molecule has 3 heteroatoms. The summed E-state index contributed by atoms with van der Waals surface area (Å²) in [6, 6.07) is 9.14. The Balaban J connectivity index is 1.85. The number of nitrogens with one attached hydrogen (secondary N) is 1. The number of rotatable bonds is 7. The minimum atomic E-state index is 0.578. The number of hydrogen-bond donors (Lipinski definition) is 1. The van der Waals surface area contributed by atoms with E-state index < -0.39 is 0 Å². The van der Waals surface area contributed by atoms with Crippen LogP contribution < -0.4 is 5.32 Å². The van der Waals surface area contributed by atoms with Crippen molar-refractivity contribution in [3.63, 3.8) is 0 Å². The molecular weight excluding hydrogens is 254 g/mol. The van der Waals surface area contributed by atoms with Gasteiger partial charge in [0.25, 0.3) is 0 Å². The third-order valence-corrected chi connectivity index (χ3v) is 4.33. The molecule has 0 aliphatic heterocycles. The smallest absolute Gasteiger partial charge is 0.0797 e. The lowest BCUT2D eigenvalue weighted by Crippen LogP contribution is -2.30. The van der Waals surface area contributed by atoms with E-state index >= 15 is 0 Å². The summed E-state index contributed by atoms with van der Waals surface area (Å²) in [5.74, 6) is 0. The van der Waals surface area contributed by atoms with Gasteiger partial charge < -0.3 is 9.50 Å². The molecule has 1 saturated carbocycles. The summed E-state index contributed by atoms with van der Waals surface area (Å²) in [5.41, 5.74) is 1.32. The minimum absolute atomic E-state index is 0.578. The predicted octanol–water partition coefficient (Wildman–Crippen LogP) is 4.32. The van der Waals surface area contributed by atoms with E-state index in [4.69, 9.17) is 4.18 Å². The van der Waals surface area contributed by atoms with E-state index in [-0.39, 0.29) is 0 Å². The molecule has 104 valence electrons. The maximum atomic E-state index is 5.47. The minimum Gasteiger partial charge on any atom is -0.310 e. The second kappa shape index (κ2) is 8.41. The van der Waals surface area contributed by atoms with E-state index in [1.54, 1.807) is 6.08 Å². The highest BCUT2D eigenvalue weighted by Crippen LogP contribution is 2.24. The SMILES string of the molecule is C=CCOSc1ccccc1CNC1CCCCC1. The molecule has 2 nitrogen and oxygen atoms in total. The third kappa shape index (κ3) is 5.01. The molecule has 0 heterocycles. The van der Waals surface area contributed by atoms with Crippen LogP contribution in [0.25, 0.3) is 0 Å². The van der Waals surface area contributed by atoms with Crippen molar-refractivity contribution in [2.75, 3.05) is 6.61 Å². The molecule has 0 atom stereocenters. The van der Waals surface area contributed by atoms with Gasteiger partial charge >= 0.3 is 0 Å². The lowest BCUT2D eigenvalue weighted by atomic mass is 9.95. The van der Waals surface area contributed by atoms with Gasteiger partial charge in [-0.3, -0.25) is 0 Å². The molecule has 2 rings (SSSR count). The van der Waals surface area contributed by atoms with Crippen LogP contribution in [-0.4, -0.2) is 12.6 Å². The Kier molecular flexibility index (Phi) is 6.48. The predicted molar refractivity (Wildman–Crippen MR) is 82.2 cm³/mol. The quantitative estimate of drug-likeness (QED) is 0.455. The van der Waals surface area contributed by atoms with Crippen molar-refractivity contribution in [3.8, 4) is 0 Å². The lowest BCUT2D eigenvalue weighted by Gasteiger charge is -2.23. The Morgan fingerprint density at radius 3 is 2.84 bits per heavy atom. The first-order valence-corrected chi connectivity index (χ1v) is 7.86. The van der Waals surface area contributed by atoms with Crippen LogP contribution in [-0.2, 0) is 10.7 Å². The fourth-order valence-electron chi connectivity index (χ4n) is 2.44. The van der Waals surface area contributed by atoms with Crippen LogP contribution >= 0.6 is 12.0 Å². The molecule has 1 N–H and O–H groups in total. The van der Waals surface area contributed by atoms with Crippen LogP contribution in [0.15, 0.2) is 41.8 Å². The van der Waals surface area contributed by atoms with Gasteiger partial charge in [-0.2, -0.15) is 0 Å². The monoisotopic (exact) mass is 277 g/mol. The van der Waals surface area contributed by atoms with Gasteiger partial charge in [0, 0.05) is 29.5 Å². The first-order chi connectivity index (χ1) is 9.40. The van der Waals surface area contributed by atoms with Crippen molar-refractivity contribution in [1.29, 1.82) is 0 Å². The van der Waals surface area contributed by atoms with Crippen LogP contribution in [0.2, 0.25) is 0 Å². The Morgan fingerprint density at radius 2 is 2.05 bits per heavy atom. The Hall–Kier alpha value is -0.770. The van der Waals surface area contributed by atoms with Crippen molar-refractivity contribution < 1.29 is 4.18 Å². The van der Waals surface area contributed by atoms with E-state index in [1.165, 1.54) is 54.6 Å². The van der Waals surface area contributed by atoms with Crippen molar-refractivity contribution in [2.45, 2.75) is 49.6 Å². The Morgan fingerprint density at radius 1 is 1.26 bits per heavy atom. The molecule has 0 saturated heterocycles. The van der Waals surface area contributed by atoms with Gasteiger partial charge in [0.15, 0.2) is 0 Å². The Labute approximate surface area is 120 Å². The topological polar surface area (TPSA) is 21.3 Å². The van der Waals surface area contributed by atoms with Crippen molar-refractivity contribution in [3.05, 3.63) is 42.5 Å². The van der Waals surface area contributed by atoms with Crippen LogP contribution in [0, 0.1) is 0 Å². The second-order valence-corrected chi connectivity index (χ2v) is 5.82. The summed E-state index contributed by atoms with van der Waals surface area (Å²) >= 11 is 1.45. The average molecular weight is 277 g/mol. The first-order valence-electron chi connectivity index (χ1n) is 7.12. The Bertz CT molecular complexity index is 388. The van der Waals surface area contributed by atoms with E-state index in [2.05, 4.69) is 36.2 Å². The standard InChI is InChI=1S/C16H23NOS/c1-2-12-18-19-16-11-7-6-8-14(16)13-17-15-9-4-3-5-10-15/h2,6-8,11,15,17H,1,3-5,9-10,12-13H2. The fraction of sp³-hybridized carbons (Fsp3) is 0.500. The van der Waals surface area contributed by atoms with E-state index in [0.717, 1.165) is 6.54 Å². The lowest BCUT2D eigenvalue weighted by molar-refractivity contribution is 0.371. The molecular formula is C16H23NOS. The number of benzene rings is 1. The molecule has 0 spiro atoms. The van der Waals surface area contributed by atoms with E-state index in [1.807, 2.05) is 0 Å². The maximum Gasteiger partial charge on any atom is 0.0797 e. The van der Waals surface area contributed by atoms with Crippen LogP contribution in [0.3, 0.4) is 0 Å². The average Bonchev–Trinajstić information content (AvgIpc) is 2.48. The summed E-state index contributed by atoms with van der Waals surface area (Å²) in [5, 5.41) is 3.68. The summed E-state index contributed by atoms with van der Waals surface area (Å²) in [7, 11) is 0. The molecule has 1 aliphatic rings. The zero-order chi connectivity index (χ0) is 13.3. The van der Waals surface area contributed by atoms with Gasteiger partial charge in [0.2, 0.25) is 0 Å². The summed E-state index contributed by atoms with van der Waals surface area (Å²) in [6.07, 6.45) is 8.56. The maximum absolute atomic E-state index is 5.47. The highest BCUT2D eigenvalue weighted by molar-refractivity contribution is 7.94. The molecule has 1 aliphatic carbocycles. The molecule has 1 aromatic rings. The fourth-order valence-corrected chi connectivity index (χ4v) is 3.11. The molecule has 0 aromatic heterocycles.